The summed E-state index contributed by atoms with van der Waals surface area (Å²) in [4.78, 5) is 14.1. The fourth-order valence-electron chi connectivity index (χ4n) is 2.09. The van der Waals surface area contributed by atoms with E-state index in [-0.39, 0.29) is 0 Å². The summed E-state index contributed by atoms with van der Waals surface area (Å²) in [5.41, 5.74) is 1.39. The molecule has 0 saturated heterocycles. The molecule has 24 heavy (non-hydrogen) atoms. The summed E-state index contributed by atoms with van der Waals surface area (Å²) in [7, 11) is 0. The van der Waals surface area contributed by atoms with E-state index in [9.17, 15) is 4.79 Å². The molecule has 0 N–H and O–H groups in total. The zero-order chi connectivity index (χ0) is 17.7. The van der Waals surface area contributed by atoms with Crippen molar-refractivity contribution < 1.29 is 9.53 Å². The third-order valence-corrected chi connectivity index (χ3v) is 3.41. The summed E-state index contributed by atoms with van der Waals surface area (Å²) in [6.45, 7) is 5.77. The molecule has 124 valence electrons. The van der Waals surface area contributed by atoms with Crippen LogP contribution < -0.4 is 4.90 Å². The van der Waals surface area contributed by atoms with Crippen LogP contribution in [0.3, 0.4) is 0 Å². The number of hydrogen-bond donors (Lipinski definition) is 0. The minimum absolute atomic E-state index is 0.320. The number of anilines is 1. The smallest absolute Gasteiger partial charge is 0.415 e. The molecule has 5 heteroatoms. The van der Waals surface area contributed by atoms with Gasteiger partial charge in [0.15, 0.2) is 0 Å². The third-order valence-electron chi connectivity index (χ3n) is 3.15. The van der Waals surface area contributed by atoms with Crippen molar-refractivity contribution in [2.45, 2.75) is 32.9 Å². The van der Waals surface area contributed by atoms with Gasteiger partial charge in [-0.2, -0.15) is 5.26 Å². The van der Waals surface area contributed by atoms with Gasteiger partial charge in [-0.3, -0.25) is 4.90 Å². The molecule has 2 aromatic carbocycles. The Balaban J connectivity index is 2.35. The number of halogens is 1. The van der Waals surface area contributed by atoms with Crippen molar-refractivity contribution in [1.29, 1.82) is 5.26 Å². The monoisotopic (exact) mass is 342 g/mol. The highest BCUT2D eigenvalue weighted by Gasteiger charge is 2.24. The molecule has 0 bridgehead atoms. The van der Waals surface area contributed by atoms with E-state index in [4.69, 9.17) is 21.6 Å². The largest absolute Gasteiger partial charge is 0.443 e. The Hall–Kier alpha value is -2.51. The molecule has 2 rings (SSSR count). The highest BCUT2D eigenvalue weighted by atomic mass is 35.5. The summed E-state index contributed by atoms with van der Waals surface area (Å²) in [6.07, 6.45) is -0.465. The summed E-state index contributed by atoms with van der Waals surface area (Å²) in [5, 5.41) is 9.72. The molecule has 0 radical (unpaired) electrons. The maximum Gasteiger partial charge on any atom is 0.415 e. The van der Waals surface area contributed by atoms with E-state index >= 15 is 0 Å². The van der Waals surface area contributed by atoms with Gasteiger partial charge in [0.2, 0.25) is 0 Å². The van der Waals surface area contributed by atoms with Gasteiger partial charge < -0.3 is 4.74 Å². The van der Waals surface area contributed by atoms with Gasteiger partial charge in [-0.25, -0.2) is 4.79 Å². The first-order valence-electron chi connectivity index (χ1n) is 7.53. The van der Waals surface area contributed by atoms with Crippen LogP contribution in [0, 0.1) is 11.3 Å². The van der Waals surface area contributed by atoms with Gasteiger partial charge in [0, 0.05) is 10.7 Å². The summed E-state index contributed by atoms with van der Waals surface area (Å²) in [5.74, 6) is 0. The molecular formula is C19H19ClN2O2. The van der Waals surface area contributed by atoms with Crippen LogP contribution in [0.4, 0.5) is 10.5 Å². The lowest BCUT2D eigenvalue weighted by Gasteiger charge is -2.27. The Morgan fingerprint density at radius 1 is 1.21 bits per heavy atom. The SMILES string of the molecule is CC(C)(C)OC(=O)N(Cc1ccc(Cl)cc1)c1cccc(C#N)c1. The number of nitriles is 1. The predicted octanol–water partition coefficient (Wildman–Crippen LogP) is 5.15. The van der Waals surface area contributed by atoms with Crippen LogP contribution in [0.15, 0.2) is 48.5 Å². The van der Waals surface area contributed by atoms with Gasteiger partial charge in [-0.1, -0.05) is 29.8 Å². The number of carbonyl (C=O) groups is 1. The van der Waals surface area contributed by atoms with Crippen LogP contribution in [0.2, 0.25) is 5.02 Å². The topological polar surface area (TPSA) is 53.3 Å². The number of rotatable bonds is 3. The van der Waals surface area contributed by atoms with Gasteiger partial charge >= 0.3 is 6.09 Å². The van der Waals surface area contributed by atoms with Crippen molar-refractivity contribution >= 4 is 23.4 Å². The first-order valence-corrected chi connectivity index (χ1v) is 7.91. The van der Waals surface area contributed by atoms with Crippen LogP contribution in [-0.4, -0.2) is 11.7 Å². The Labute approximate surface area is 147 Å². The van der Waals surface area contributed by atoms with Crippen LogP contribution in [0.25, 0.3) is 0 Å². The lowest BCUT2D eigenvalue weighted by Crippen LogP contribution is -2.36. The molecule has 0 aliphatic heterocycles. The molecule has 0 heterocycles. The number of hydrogen-bond acceptors (Lipinski definition) is 3. The van der Waals surface area contributed by atoms with E-state index in [0.717, 1.165) is 5.56 Å². The molecular weight excluding hydrogens is 324 g/mol. The van der Waals surface area contributed by atoms with Crippen LogP contribution in [0.5, 0.6) is 0 Å². The maximum absolute atomic E-state index is 12.6. The van der Waals surface area contributed by atoms with E-state index in [0.29, 0.717) is 22.8 Å². The van der Waals surface area contributed by atoms with Gasteiger partial charge in [-0.15, -0.1) is 0 Å². The summed E-state index contributed by atoms with van der Waals surface area (Å²) >= 11 is 5.91. The molecule has 0 unspecified atom stereocenters. The fourth-order valence-corrected chi connectivity index (χ4v) is 2.22. The average Bonchev–Trinajstić information content (AvgIpc) is 2.52. The average molecular weight is 343 g/mol. The van der Waals surface area contributed by atoms with Crippen molar-refractivity contribution in [3.8, 4) is 6.07 Å². The van der Waals surface area contributed by atoms with Crippen molar-refractivity contribution in [3.05, 3.63) is 64.7 Å². The third kappa shape index (κ3) is 5.00. The van der Waals surface area contributed by atoms with Gasteiger partial charge in [0.1, 0.15) is 5.60 Å². The van der Waals surface area contributed by atoms with Crippen molar-refractivity contribution in [2.24, 2.45) is 0 Å². The van der Waals surface area contributed by atoms with Gasteiger partial charge in [-0.05, 0) is 56.7 Å². The Bertz CT molecular complexity index is 758. The Morgan fingerprint density at radius 3 is 2.46 bits per heavy atom. The highest BCUT2D eigenvalue weighted by Crippen LogP contribution is 2.22. The standard InChI is InChI=1S/C19H19ClN2O2/c1-19(2,3)24-18(23)22(13-14-7-9-16(20)10-8-14)17-6-4-5-15(11-17)12-21/h4-11H,13H2,1-3H3. The quantitative estimate of drug-likeness (QED) is 0.774. The second-order valence-electron chi connectivity index (χ2n) is 6.36. The molecule has 0 atom stereocenters. The van der Waals surface area contributed by atoms with Crippen LogP contribution in [-0.2, 0) is 11.3 Å². The minimum Gasteiger partial charge on any atom is -0.443 e. The fraction of sp³-hybridized carbons (Fsp3) is 0.263. The molecule has 0 aliphatic rings. The second-order valence-corrected chi connectivity index (χ2v) is 6.79. The number of ether oxygens (including phenoxy) is 1. The molecule has 0 aromatic heterocycles. The van der Waals surface area contributed by atoms with E-state index in [1.54, 1.807) is 36.4 Å². The Morgan fingerprint density at radius 2 is 1.88 bits per heavy atom. The molecule has 4 nitrogen and oxygen atoms in total. The van der Waals surface area contributed by atoms with Gasteiger partial charge in [0.25, 0.3) is 0 Å². The van der Waals surface area contributed by atoms with Crippen LogP contribution in [0.1, 0.15) is 31.9 Å². The van der Waals surface area contributed by atoms with E-state index < -0.39 is 11.7 Å². The maximum atomic E-state index is 12.6. The van der Waals surface area contributed by atoms with Crippen molar-refractivity contribution in [2.75, 3.05) is 4.90 Å². The zero-order valence-corrected chi connectivity index (χ0v) is 14.7. The lowest BCUT2D eigenvalue weighted by molar-refractivity contribution is 0.0577. The normalized spacial score (nSPS) is 10.8. The lowest BCUT2D eigenvalue weighted by atomic mass is 10.1. The number of nitrogens with zero attached hydrogens (tertiary/aromatic N) is 2. The number of benzene rings is 2. The minimum atomic E-state index is -0.609. The first kappa shape index (κ1) is 17.8. The molecule has 0 saturated carbocycles. The highest BCUT2D eigenvalue weighted by molar-refractivity contribution is 6.30. The van der Waals surface area contributed by atoms with Gasteiger partial charge in [0.05, 0.1) is 18.2 Å². The summed E-state index contributed by atoms with van der Waals surface area (Å²) < 4.78 is 5.50. The van der Waals surface area contributed by atoms with Crippen LogP contribution >= 0.6 is 11.6 Å². The zero-order valence-electron chi connectivity index (χ0n) is 13.9. The molecule has 0 spiro atoms. The van der Waals surface area contributed by atoms with Crippen molar-refractivity contribution in [3.63, 3.8) is 0 Å². The van der Waals surface area contributed by atoms with E-state index in [1.165, 1.54) is 4.90 Å². The number of carbonyl (C=O) groups excluding carboxylic acids is 1. The molecule has 2 aromatic rings. The molecule has 1 amide bonds. The molecule has 0 aliphatic carbocycles. The van der Waals surface area contributed by atoms with E-state index in [1.807, 2.05) is 32.9 Å². The second kappa shape index (κ2) is 7.37. The number of amides is 1. The van der Waals surface area contributed by atoms with Crippen molar-refractivity contribution in [1.82, 2.24) is 0 Å². The molecule has 0 fully saturated rings. The first-order chi connectivity index (χ1) is 11.3. The summed E-state index contributed by atoms with van der Waals surface area (Å²) in [6, 6.07) is 16.2. The Kier molecular flexibility index (Phi) is 5.48. The van der Waals surface area contributed by atoms with E-state index in [2.05, 4.69) is 6.07 Å². The predicted molar refractivity (Wildman–Crippen MR) is 95.0 cm³/mol.